The van der Waals surface area contributed by atoms with Gasteiger partial charge in [0.05, 0.1) is 12.9 Å². The molecule has 8 nitrogen and oxygen atoms in total. The fraction of sp³-hybridized carbons (Fsp3) is 0.385. The Bertz CT molecular complexity index is 645. The fourth-order valence-electron chi connectivity index (χ4n) is 1.69. The molecule has 22 heavy (non-hydrogen) atoms. The zero-order chi connectivity index (χ0) is 16.8. The SMILES string of the molecule is CCN(CCO)C(=O)Nc1cccc(C(=O)NS(C)(=O)=O)c1. The van der Waals surface area contributed by atoms with Gasteiger partial charge in [-0.3, -0.25) is 4.79 Å². The Morgan fingerprint density at radius 3 is 2.55 bits per heavy atom. The molecular formula is C13H19N3O5S. The number of carbonyl (C=O) groups is 2. The first kappa shape index (κ1) is 17.9. The van der Waals surface area contributed by atoms with Crippen molar-refractivity contribution in [3.63, 3.8) is 0 Å². The Kier molecular flexibility index (Phi) is 6.32. The summed E-state index contributed by atoms with van der Waals surface area (Å²) in [7, 11) is -3.66. The maximum atomic E-state index is 12.0. The molecule has 3 N–H and O–H groups in total. The van der Waals surface area contributed by atoms with Gasteiger partial charge >= 0.3 is 6.03 Å². The number of aliphatic hydroxyl groups excluding tert-OH is 1. The average Bonchev–Trinajstić information content (AvgIpc) is 2.43. The third-order valence-electron chi connectivity index (χ3n) is 2.69. The summed E-state index contributed by atoms with van der Waals surface area (Å²) < 4.78 is 23.9. The maximum Gasteiger partial charge on any atom is 0.321 e. The van der Waals surface area contributed by atoms with E-state index in [1.807, 2.05) is 4.72 Å². The molecule has 0 heterocycles. The van der Waals surface area contributed by atoms with Crippen LogP contribution in [-0.4, -0.2) is 56.3 Å². The van der Waals surface area contributed by atoms with Crippen LogP contribution in [0.15, 0.2) is 24.3 Å². The monoisotopic (exact) mass is 329 g/mol. The van der Waals surface area contributed by atoms with Gasteiger partial charge in [-0.2, -0.15) is 0 Å². The molecule has 0 fully saturated rings. The van der Waals surface area contributed by atoms with Crippen LogP contribution in [0, 0.1) is 0 Å². The molecule has 0 aliphatic heterocycles. The molecule has 3 amide bonds. The van der Waals surface area contributed by atoms with Crippen molar-refractivity contribution in [3.05, 3.63) is 29.8 Å². The Balaban J connectivity index is 2.84. The highest BCUT2D eigenvalue weighted by molar-refractivity contribution is 7.89. The molecule has 0 spiro atoms. The van der Waals surface area contributed by atoms with Gasteiger partial charge in [-0.15, -0.1) is 0 Å². The first-order valence-electron chi connectivity index (χ1n) is 6.55. The Morgan fingerprint density at radius 2 is 2.00 bits per heavy atom. The first-order valence-corrected chi connectivity index (χ1v) is 8.45. The van der Waals surface area contributed by atoms with Crippen molar-refractivity contribution in [2.45, 2.75) is 6.92 Å². The number of carbonyl (C=O) groups excluding carboxylic acids is 2. The molecule has 0 unspecified atom stereocenters. The number of rotatable bonds is 6. The second kappa shape index (κ2) is 7.76. The van der Waals surface area contributed by atoms with Crippen LogP contribution >= 0.6 is 0 Å². The van der Waals surface area contributed by atoms with Crippen molar-refractivity contribution < 1.29 is 23.1 Å². The predicted octanol–water partition coefficient (Wildman–Crippen LogP) is 0.222. The summed E-state index contributed by atoms with van der Waals surface area (Å²) >= 11 is 0. The van der Waals surface area contributed by atoms with Crippen LogP contribution in [0.5, 0.6) is 0 Å². The van der Waals surface area contributed by atoms with E-state index in [1.165, 1.54) is 23.1 Å². The molecule has 0 saturated carbocycles. The van der Waals surface area contributed by atoms with E-state index in [0.29, 0.717) is 12.2 Å². The number of nitrogens with one attached hydrogen (secondary N) is 2. The molecule has 0 aliphatic carbocycles. The fourth-order valence-corrected chi connectivity index (χ4v) is 2.15. The van der Waals surface area contributed by atoms with Gasteiger partial charge in [-0.1, -0.05) is 6.07 Å². The summed E-state index contributed by atoms with van der Waals surface area (Å²) in [5.74, 6) is -0.777. The van der Waals surface area contributed by atoms with Gasteiger partial charge in [0, 0.05) is 24.3 Å². The number of anilines is 1. The van der Waals surface area contributed by atoms with E-state index in [0.717, 1.165) is 6.26 Å². The molecule has 1 aromatic carbocycles. The number of benzene rings is 1. The van der Waals surface area contributed by atoms with Crippen LogP contribution in [0.4, 0.5) is 10.5 Å². The number of urea groups is 1. The molecule has 0 aromatic heterocycles. The zero-order valence-electron chi connectivity index (χ0n) is 12.4. The van der Waals surface area contributed by atoms with Gasteiger partial charge in [-0.05, 0) is 25.1 Å². The lowest BCUT2D eigenvalue weighted by Gasteiger charge is -2.20. The van der Waals surface area contributed by atoms with E-state index in [-0.39, 0.29) is 18.7 Å². The first-order chi connectivity index (χ1) is 10.3. The highest BCUT2D eigenvalue weighted by Crippen LogP contribution is 2.12. The number of aliphatic hydroxyl groups is 1. The largest absolute Gasteiger partial charge is 0.395 e. The second-order valence-corrected chi connectivity index (χ2v) is 6.27. The van der Waals surface area contributed by atoms with Crippen LogP contribution in [0.1, 0.15) is 17.3 Å². The second-order valence-electron chi connectivity index (χ2n) is 4.52. The van der Waals surface area contributed by atoms with E-state index in [9.17, 15) is 18.0 Å². The van der Waals surface area contributed by atoms with Crippen molar-refractivity contribution in [2.24, 2.45) is 0 Å². The highest BCUT2D eigenvalue weighted by Gasteiger charge is 2.14. The molecule has 1 rings (SSSR count). The van der Waals surface area contributed by atoms with Crippen molar-refractivity contribution in [2.75, 3.05) is 31.3 Å². The van der Waals surface area contributed by atoms with Gasteiger partial charge in [0.2, 0.25) is 10.0 Å². The van der Waals surface area contributed by atoms with Gasteiger partial charge in [0.15, 0.2) is 0 Å². The normalized spacial score (nSPS) is 10.9. The van der Waals surface area contributed by atoms with Gasteiger partial charge in [0.1, 0.15) is 0 Å². The zero-order valence-corrected chi connectivity index (χ0v) is 13.2. The maximum absolute atomic E-state index is 12.0. The third kappa shape index (κ3) is 5.70. The number of amides is 3. The average molecular weight is 329 g/mol. The molecule has 0 radical (unpaired) electrons. The summed E-state index contributed by atoms with van der Waals surface area (Å²) in [6.45, 7) is 2.22. The van der Waals surface area contributed by atoms with Gasteiger partial charge in [0.25, 0.3) is 5.91 Å². The van der Waals surface area contributed by atoms with E-state index in [2.05, 4.69) is 5.32 Å². The minimum absolute atomic E-state index is 0.105. The number of sulfonamides is 1. The van der Waals surface area contributed by atoms with Crippen LogP contribution in [0.25, 0.3) is 0 Å². The quantitative estimate of drug-likeness (QED) is 0.690. The number of nitrogens with zero attached hydrogens (tertiary/aromatic N) is 1. The summed E-state index contributed by atoms with van der Waals surface area (Å²) in [6, 6.07) is 5.47. The Morgan fingerprint density at radius 1 is 1.32 bits per heavy atom. The van der Waals surface area contributed by atoms with Crippen molar-refractivity contribution in [1.82, 2.24) is 9.62 Å². The predicted molar refractivity (Wildman–Crippen MR) is 82.1 cm³/mol. The lowest BCUT2D eigenvalue weighted by molar-refractivity contribution is 0.0981. The summed E-state index contributed by atoms with van der Waals surface area (Å²) in [4.78, 5) is 25.1. The van der Waals surface area contributed by atoms with Crippen LogP contribution in [0.3, 0.4) is 0 Å². The van der Waals surface area contributed by atoms with Crippen LogP contribution in [-0.2, 0) is 10.0 Å². The minimum Gasteiger partial charge on any atom is -0.395 e. The molecule has 9 heteroatoms. The third-order valence-corrected chi connectivity index (χ3v) is 3.25. The molecule has 1 aromatic rings. The molecule has 0 aliphatic rings. The van der Waals surface area contributed by atoms with Gasteiger partial charge < -0.3 is 15.3 Å². The summed E-state index contributed by atoms with van der Waals surface area (Å²) in [6.07, 6.45) is 0.880. The van der Waals surface area contributed by atoms with E-state index in [1.54, 1.807) is 13.0 Å². The molecular weight excluding hydrogens is 310 g/mol. The van der Waals surface area contributed by atoms with Crippen molar-refractivity contribution >= 4 is 27.6 Å². The molecule has 0 saturated heterocycles. The summed E-state index contributed by atoms with van der Waals surface area (Å²) in [5, 5.41) is 11.5. The summed E-state index contributed by atoms with van der Waals surface area (Å²) in [5.41, 5.74) is 0.455. The number of hydrogen-bond acceptors (Lipinski definition) is 5. The van der Waals surface area contributed by atoms with Crippen LogP contribution < -0.4 is 10.0 Å². The van der Waals surface area contributed by atoms with E-state index in [4.69, 9.17) is 5.11 Å². The number of hydrogen-bond donors (Lipinski definition) is 3. The molecule has 122 valence electrons. The lowest BCUT2D eigenvalue weighted by Crippen LogP contribution is -2.36. The van der Waals surface area contributed by atoms with Crippen molar-refractivity contribution in [3.8, 4) is 0 Å². The van der Waals surface area contributed by atoms with Crippen molar-refractivity contribution in [1.29, 1.82) is 0 Å². The van der Waals surface area contributed by atoms with Crippen LogP contribution in [0.2, 0.25) is 0 Å². The van der Waals surface area contributed by atoms with Gasteiger partial charge in [-0.25, -0.2) is 17.9 Å². The lowest BCUT2D eigenvalue weighted by atomic mass is 10.2. The standard InChI is InChI=1S/C13H19N3O5S/c1-3-16(7-8-17)13(19)14-11-6-4-5-10(9-11)12(18)15-22(2,20)21/h4-6,9,17H,3,7-8H2,1-2H3,(H,14,19)(H,15,18). The topological polar surface area (TPSA) is 116 Å². The highest BCUT2D eigenvalue weighted by atomic mass is 32.2. The Hall–Kier alpha value is -2.13. The molecule has 0 atom stereocenters. The minimum atomic E-state index is -3.66. The Labute approximate surface area is 129 Å². The molecule has 0 bridgehead atoms. The smallest absolute Gasteiger partial charge is 0.321 e. The van der Waals surface area contributed by atoms with E-state index < -0.39 is 22.0 Å². The van der Waals surface area contributed by atoms with E-state index >= 15 is 0 Å². The number of likely N-dealkylation sites (N-methyl/N-ethyl adjacent to an activating group) is 1.